The summed E-state index contributed by atoms with van der Waals surface area (Å²) in [5.74, 6) is -0.373. The molecule has 0 saturated heterocycles. The number of nitrogens with one attached hydrogen (secondary N) is 3. The van der Waals surface area contributed by atoms with E-state index in [1.165, 1.54) is 17.0 Å². The lowest BCUT2D eigenvalue weighted by atomic mass is 10.2. The number of benzene rings is 3. The Kier molecular flexibility index (Phi) is 7.59. The average molecular weight is 420 g/mol. The third kappa shape index (κ3) is 6.85. The van der Waals surface area contributed by atoms with Crippen LogP contribution in [0.1, 0.15) is 12.0 Å². The molecule has 0 bridgehead atoms. The maximum absolute atomic E-state index is 13.3. The summed E-state index contributed by atoms with van der Waals surface area (Å²) in [6.45, 7) is 2.66. The molecule has 0 unspecified atom stereocenters. The van der Waals surface area contributed by atoms with Crippen LogP contribution in [0, 0.1) is 12.7 Å². The van der Waals surface area contributed by atoms with Gasteiger partial charge in [-0.1, -0.05) is 30.3 Å². The second kappa shape index (κ2) is 10.8. The van der Waals surface area contributed by atoms with Gasteiger partial charge >= 0.3 is 12.1 Å². The van der Waals surface area contributed by atoms with Gasteiger partial charge in [0.15, 0.2) is 0 Å². The first kappa shape index (κ1) is 21.8. The molecule has 3 rings (SSSR count). The van der Waals surface area contributed by atoms with Crippen LogP contribution in [0.5, 0.6) is 0 Å². The van der Waals surface area contributed by atoms with Crippen LogP contribution in [-0.2, 0) is 0 Å². The Bertz CT molecular complexity index is 1010. The zero-order valence-corrected chi connectivity index (χ0v) is 17.3. The number of carbonyl (C=O) groups is 2. The summed E-state index contributed by atoms with van der Waals surface area (Å²) in [5.41, 5.74) is 2.97. The van der Waals surface area contributed by atoms with Crippen molar-refractivity contribution < 1.29 is 14.0 Å². The maximum atomic E-state index is 13.3. The van der Waals surface area contributed by atoms with Crippen LogP contribution in [0.3, 0.4) is 0 Å². The highest BCUT2D eigenvalue weighted by Gasteiger charge is 2.16. The zero-order chi connectivity index (χ0) is 22.1. The normalized spacial score (nSPS) is 10.3. The highest BCUT2D eigenvalue weighted by Crippen LogP contribution is 2.18. The Morgan fingerprint density at radius 3 is 2.29 bits per heavy atom. The van der Waals surface area contributed by atoms with E-state index in [0.29, 0.717) is 36.6 Å². The molecule has 3 aromatic rings. The Labute approximate surface area is 181 Å². The second-order valence-electron chi connectivity index (χ2n) is 7.03. The standard InChI is InChI=1S/C24H25FN4O2/c1-18-7-5-10-21(17-18)28-24(31)29(22-13-11-19(25)12-14-22)16-6-15-26-23(30)27-20-8-3-2-4-9-20/h2-5,7-14,17H,6,15-16H2,1H3,(H,28,31)(H2,26,27,30). The summed E-state index contributed by atoms with van der Waals surface area (Å²) >= 11 is 0. The number of rotatable bonds is 7. The van der Waals surface area contributed by atoms with Crippen LogP contribution in [0.2, 0.25) is 0 Å². The van der Waals surface area contributed by atoms with Crippen molar-refractivity contribution in [2.75, 3.05) is 28.6 Å². The van der Waals surface area contributed by atoms with Crippen LogP contribution in [0.15, 0.2) is 78.9 Å². The van der Waals surface area contributed by atoms with Crippen LogP contribution >= 0.6 is 0 Å². The highest BCUT2D eigenvalue weighted by atomic mass is 19.1. The molecule has 6 nitrogen and oxygen atoms in total. The van der Waals surface area contributed by atoms with Gasteiger partial charge in [0.1, 0.15) is 5.82 Å². The number of halogens is 1. The van der Waals surface area contributed by atoms with E-state index >= 15 is 0 Å². The molecule has 0 radical (unpaired) electrons. The summed E-state index contributed by atoms with van der Waals surface area (Å²) in [4.78, 5) is 26.4. The van der Waals surface area contributed by atoms with Crippen molar-refractivity contribution in [1.82, 2.24) is 5.32 Å². The number of hydrogen-bond donors (Lipinski definition) is 3. The molecule has 160 valence electrons. The van der Waals surface area contributed by atoms with E-state index in [4.69, 9.17) is 0 Å². The number of anilines is 3. The van der Waals surface area contributed by atoms with E-state index in [2.05, 4.69) is 16.0 Å². The van der Waals surface area contributed by atoms with E-state index in [1.54, 1.807) is 24.3 Å². The summed E-state index contributed by atoms with van der Waals surface area (Å²) in [6.07, 6.45) is 0.515. The molecule has 0 heterocycles. The number of aryl methyl sites for hydroxylation is 1. The first-order valence-electron chi connectivity index (χ1n) is 10.0. The quantitative estimate of drug-likeness (QED) is 0.449. The Morgan fingerprint density at radius 1 is 0.871 bits per heavy atom. The number of urea groups is 2. The van der Waals surface area contributed by atoms with E-state index < -0.39 is 0 Å². The van der Waals surface area contributed by atoms with Crippen LogP contribution < -0.4 is 20.9 Å². The lowest BCUT2D eigenvalue weighted by Crippen LogP contribution is -2.38. The summed E-state index contributed by atoms with van der Waals surface area (Å²) in [6, 6.07) is 21.7. The van der Waals surface area contributed by atoms with E-state index in [-0.39, 0.29) is 17.9 Å². The van der Waals surface area contributed by atoms with Gasteiger partial charge in [-0.2, -0.15) is 0 Å². The molecule has 3 N–H and O–H groups in total. The summed E-state index contributed by atoms with van der Waals surface area (Å²) in [7, 11) is 0. The fourth-order valence-electron chi connectivity index (χ4n) is 3.02. The average Bonchev–Trinajstić information content (AvgIpc) is 2.75. The maximum Gasteiger partial charge on any atom is 0.326 e. The first-order chi connectivity index (χ1) is 15.0. The van der Waals surface area contributed by atoms with Gasteiger partial charge in [-0.15, -0.1) is 0 Å². The minimum Gasteiger partial charge on any atom is -0.338 e. The van der Waals surface area contributed by atoms with Crippen LogP contribution in [0.25, 0.3) is 0 Å². The third-order valence-electron chi connectivity index (χ3n) is 4.53. The van der Waals surface area contributed by atoms with Gasteiger partial charge in [0, 0.05) is 30.2 Å². The molecule has 0 aromatic heterocycles. The van der Waals surface area contributed by atoms with Crippen molar-refractivity contribution in [3.8, 4) is 0 Å². The number of carbonyl (C=O) groups excluding carboxylic acids is 2. The molecular formula is C24H25FN4O2. The SMILES string of the molecule is Cc1cccc(NC(=O)N(CCCNC(=O)Nc2ccccc2)c2ccc(F)cc2)c1. The monoisotopic (exact) mass is 420 g/mol. The number of nitrogens with zero attached hydrogens (tertiary/aromatic N) is 1. The molecule has 0 aliphatic heterocycles. The van der Waals surface area contributed by atoms with E-state index in [0.717, 1.165) is 5.56 Å². The fraction of sp³-hybridized carbons (Fsp3) is 0.167. The van der Waals surface area contributed by atoms with Gasteiger partial charge in [0.25, 0.3) is 0 Å². The Balaban J connectivity index is 1.58. The molecule has 31 heavy (non-hydrogen) atoms. The van der Waals surface area contributed by atoms with Gasteiger partial charge in [-0.3, -0.25) is 4.90 Å². The van der Waals surface area contributed by atoms with Crippen molar-refractivity contribution in [2.45, 2.75) is 13.3 Å². The van der Waals surface area contributed by atoms with Crippen molar-refractivity contribution in [2.24, 2.45) is 0 Å². The molecule has 3 aromatic carbocycles. The summed E-state index contributed by atoms with van der Waals surface area (Å²) < 4.78 is 13.3. The summed E-state index contributed by atoms with van der Waals surface area (Å²) in [5, 5.41) is 8.39. The van der Waals surface area contributed by atoms with Crippen molar-refractivity contribution in [3.63, 3.8) is 0 Å². The van der Waals surface area contributed by atoms with Gasteiger partial charge in [0.2, 0.25) is 0 Å². The fourth-order valence-corrected chi connectivity index (χ4v) is 3.02. The second-order valence-corrected chi connectivity index (χ2v) is 7.03. The van der Waals surface area contributed by atoms with Gasteiger partial charge < -0.3 is 16.0 Å². The minimum absolute atomic E-state index is 0.316. The lowest BCUT2D eigenvalue weighted by Gasteiger charge is -2.23. The minimum atomic E-state index is -0.373. The predicted molar refractivity (Wildman–Crippen MR) is 122 cm³/mol. The largest absolute Gasteiger partial charge is 0.338 e. The number of para-hydroxylation sites is 1. The zero-order valence-electron chi connectivity index (χ0n) is 17.3. The number of hydrogen-bond acceptors (Lipinski definition) is 2. The molecule has 4 amide bonds. The Hall–Kier alpha value is -3.87. The molecule has 0 atom stereocenters. The van der Waals surface area contributed by atoms with Crippen molar-refractivity contribution >= 4 is 29.1 Å². The molecule has 0 aliphatic carbocycles. The molecular weight excluding hydrogens is 395 g/mol. The van der Waals surface area contributed by atoms with Crippen LogP contribution in [0.4, 0.5) is 31.0 Å². The third-order valence-corrected chi connectivity index (χ3v) is 4.53. The molecule has 0 aliphatic rings. The molecule has 0 spiro atoms. The van der Waals surface area contributed by atoms with Gasteiger partial charge in [-0.05, 0) is 67.4 Å². The van der Waals surface area contributed by atoms with E-state index in [9.17, 15) is 14.0 Å². The molecule has 0 saturated carbocycles. The Morgan fingerprint density at radius 2 is 1.58 bits per heavy atom. The van der Waals surface area contributed by atoms with Gasteiger partial charge in [0.05, 0.1) is 0 Å². The lowest BCUT2D eigenvalue weighted by molar-refractivity contribution is 0.252. The molecule has 0 fully saturated rings. The predicted octanol–water partition coefficient (Wildman–Crippen LogP) is 5.38. The van der Waals surface area contributed by atoms with E-state index in [1.807, 2.05) is 49.4 Å². The van der Waals surface area contributed by atoms with Gasteiger partial charge in [-0.25, -0.2) is 14.0 Å². The number of amides is 4. The van der Waals surface area contributed by atoms with Crippen molar-refractivity contribution in [3.05, 3.63) is 90.2 Å². The first-order valence-corrected chi connectivity index (χ1v) is 10.0. The molecule has 7 heteroatoms. The topological polar surface area (TPSA) is 73.5 Å². The highest BCUT2D eigenvalue weighted by molar-refractivity contribution is 6.01. The smallest absolute Gasteiger partial charge is 0.326 e. The van der Waals surface area contributed by atoms with Crippen LogP contribution in [-0.4, -0.2) is 25.2 Å². The van der Waals surface area contributed by atoms with Crippen molar-refractivity contribution in [1.29, 1.82) is 0 Å².